The Morgan fingerprint density at radius 3 is 1.67 bits per heavy atom. The summed E-state index contributed by atoms with van der Waals surface area (Å²) in [5, 5.41) is 0.745. The summed E-state index contributed by atoms with van der Waals surface area (Å²) in [6, 6.07) is -2.53. The van der Waals surface area contributed by atoms with Gasteiger partial charge < -0.3 is 14.2 Å². The van der Waals surface area contributed by atoms with Crippen molar-refractivity contribution < 1.29 is 76.7 Å². The van der Waals surface area contributed by atoms with Gasteiger partial charge in [-0.1, -0.05) is 51.4 Å². The highest BCUT2D eigenvalue weighted by molar-refractivity contribution is 14.1. The summed E-state index contributed by atoms with van der Waals surface area (Å²) in [5.74, 6) is -22.4. The Morgan fingerprint density at radius 2 is 1.15 bits per heavy atom. The predicted octanol–water partition coefficient (Wildman–Crippen LogP) is 11.1. The van der Waals surface area contributed by atoms with Gasteiger partial charge in [-0.05, 0) is 62.2 Å². The molecule has 0 aliphatic carbocycles. The minimum absolute atomic E-state index is 0.0174. The van der Waals surface area contributed by atoms with Gasteiger partial charge >= 0.3 is 36.1 Å². The summed E-state index contributed by atoms with van der Waals surface area (Å²) in [4.78, 5) is 7.09. The number of alkyl halides is 15. The van der Waals surface area contributed by atoms with Crippen LogP contribution in [0.3, 0.4) is 0 Å². The summed E-state index contributed by atoms with van der Waals surface area (Å²) in [6.07, 6.45) is -11.7. The van der Waals surface area contributed by atoms with Crippen molar-refractivity contribution in [1.29, 1.82) is 0 Å². The lowest BCUT2D eigenvalue weighted by Crippen LogP contribution is -2.67. The Labute approximate surface area is 287 Å². The molecule has 0 aromatic rings. The third kappa shape index (κ3) is 15.6. The van der Waals surface area contributed by atoms with E-state index < -0.39 is 48.8 Å². The molecule has 0 bridgehead atoms. The standard InChI is InChI=1S/C26H39BrClF12IO5/c27-14-6-1-10-18-43-21(29,44-19-11-3-8-16-41)13-5-4-12-20(42-17-9-2-7-15-28)45-46-26(39,40)24(34,35)22(30,31)23(32,33)25(36,37)38/h20H,1-19H2. The summed E-state index contributed by atoms with van der Waals surface area (Å²) < 4.78 is 178. The van der Waals surface area contributed by atoms with Crippen molar-refractivity contribution in [3.05, 3.63) is 0 Å². The van der Waals surface area contributed by atoms with E-state index >= 15 is 4.39 Å². The van der Waals surface area contributed by atoms with Crippen molar-refractivity contribution in [3.63, 3.8) is 0 Å². The predicted molar refractivity (Wildman–Crippen MR) is 157 cm³/mol. The SMILES string of the molecule is FC(CCCCC(OCCCCCCl)OOC(F)(F)C(F)(F)C(F)(F)C(F)(F)C(F)(F)F)(OCCCCCBr)OCCCCCI. The highest BCUT2D eigenvalue weighted by Crippen LogP contribution is 2.57. The third-order valence-corrected chi connectivity index (χ3v) is 7.80. The fourth-order valence-corrected chi connectivity index (χ4v) is 4.63. The van der Waals surface area contributed by atoms with Crippen LogP contribution in [0.1, 0.15) is 83.5 Å². The van der Waals surface area contributed by atoms with Crippen molar-refractivity contribution in [2.24, 2.45) is 0 Å². The second kappa shape index (κ2) is 22.3. The lowest BCUT2D eigenvalue weighted by atomic mass is 10.0. The van der Waals surface area contributed by atoms with Gasteiger partial charge in [0.25, 0.3) is 0 Å². The van der Waals surface area contributed by atoms with Crippen molar-refractivity contribution in [2.75, 3.05) is 35.5 Å². The van der Waals surface area contributed by atoms with Crippen molar-refractivity contribution in [2.45, 2.75) is 126 Å². The smallest absolute Gasteiger partial charge is 0.350 e. The number of hydrogen-bond donors (Lipinski definition) is 0. The number of halogens is 15. The second-order valence-electron chi connectivity index (χ2n) is 10.1. The summed E-state index contributed by atoms with van der Waals surface area (Å²) in [6.45, 7) is -0.246. The Morgan fingerprint density at radius 1 is 0.609 bits per heavy atom. The number of rotatable bonds is 29. The highest BCUT2D eigenvalue weighted by Gasteiger charge is 2.88. The van der Waals surface area contributed by atoms with E-state index in [0.29, 0.717) is 25.7 Å². The van der Waals surface area contributed by atoms with Crippen LogP contribution < -0.4 is 0 Å². The van der Waals surface area contributed by atoms with Gasteiger partial charge in [-0.25, -0.2) is 0 Å². The molecule has 278 valence electrons. The fraction of sp³-hybridized carbons (Fsp3) is 1.00. The average Bonchev–Trinajstić information content (AvgIpc) is 2.96. The molecule has 0 rings (SSSR count). The van der Waals surface area contributed by atoms with Crippen LogP contribution in [-0.2, 0) is 24.0 Å². The van der Waals surface area contributed by atoms with E-state index in [0.717, 1.165) is 35.4 Å². The molecule has 0 saturated heterocycles. The zero-order valence-corrected chi connectivity index (χ0v) is 29.2. The quantitative estimate of drug-likeness (QED) is 0.0142. The summed E-state index contributed by atoms with van der Waals surface area (Å²) in [7, 11) is 0. The van der Waals surface area contributed by atoms with E-state index in [1.54, 1.807) is 0 Å². The van der Waals surface area contributed by atoms with Gasteiger partial charge in [-0.15, -0.1) is 11.6 Å². The van der Waals surface area contributed by atoms with Crippen LogP contribution in [0.15, 0.2) is 0 Å². The molecule has 0 saturated carbocycles. The molecule has 46 heavy (non-hydrogen) atoms. The van der Waals surface area contributed by atoms with Gasteiger partial charge in [0.15, 0.2) is 6.29 Å². The van der Waals surface area contributed by atoms with Crippen LogP contribution in [0.2, 0.25) is 0 Å². The third-order valence-electron chi connectivity index (χ3n) is 6.21. The molecule has 0 aliphatic heterocycles. The number of ether oxygens (including phenoxy) is 3. The van der Waals surface area contributed by atoms with Gasteiger partial charge in [0.2, 0.25) is 0 Å². The zero-order valence-electron chi connectivity index (χ0n) is 24.7. The molecule has 0 radical (unpaired) electrons. The van der Waals surface area contributed by atoms with Crippen molar-refractivity contribution in [1.82, 2.24) is 0 Å². The van der Waals surface area contributed by atoms with Crippen LogP contribution in [0.25, 0.3) is 0 Å². The minimum Gasteiger partial charge on any atom is -0.350 e. The summed E-state index contributed by atoms with van der Waals surface area (Å²) >= 11 is 11.0. The van der Waals surface area contributed by atoms with Crippen molar-refractivity contribution in [3.8, 4) is 0 Å². The molecule has 2 atom stereocenters. The van der Waals surface area contributed by atoms with Gasteiger partial charge in [-0.2, -0.15) is 62.5 Å². The largest absolute Gasteiger partial charge is 0.460 e. The zero-order chi connectivity index (χ0) is 35.5. The lowest BCUT2D eigenvalue weighted by molar-refractivity contribution is -0.543. The maximum absolute atomic E-state index is 15.4. The molecule has 0 aliphatic rings. The van der Waals surface area contributed by atoms with Gasteiger partial charge in [0, 0.05) is 30.7 Å². The molecule has 0 N–H and O–H groups in total. The first kappa shape index (κ1) is 46.5. The van der Waals surface area contributed by atoms with Crippen LogP contribution in [-0.4, -0.2) is 77.8 Å². The molecular weight excluding hydrogens is 863 g/mol. The Bertz CT molecular complexity index is 789. The fourth-order valence-electron chi connectivity index (χ4n) is 3.50. The highest BCUT2D eigenvalue weighted by atomic mass is 127. The van der Waals surface area contributed by atoms with Crippen LogP contribution >= 0.6 is 50.1 Å². The van der Waals surface area contributed by atoms with E-state index in [-0.39, 0.29) is 51.4 Å². The lowest BCUT2D eigenvalue weighted by Gasteiger charge is -2.36. The molecule has 0 spiro atoms. The van der Waals surface area contributed by atoms with E-state index in [1.807, 2.05) is 0 Å². The van der Waals surface area contributed by atoms with Crippen LogP contribution in [0.4, 0.5) is 52.7 Å². The maximum Gasteiger partial charge on any atom is 0.460 e. The molecular formula is C26H39BrClF12IO5. The van der Waals surface area contributed by atoms with Gasteiger partial charge in [-0.3, -0.25) is 0 Å². The minimum atomic E-state index is -7.65. The molecule has 2 unspecified atom stereocenters. The van der Waals surface area contributed by atoms with Crippen LogP contribution in [0.5, 0.6) is 0 Å². The topological polar surface area (TPSA) is 46.2 Å². The maximum atomic E-state index is 15.4. The first-order chi connectivity index (χ1) is 21.3. The molecule has 0 aromatic carbocycles. The number of unbranched alkanes of at least 4 members (excludes halogenated alkanes) is 7. The molecule has 0 aromatic heterocycles. The molecule has 0 fully saturated rings. The average molecular weight is 902 g/mol. The van der Waals surface area contributed by atoms with E-state index in [4.69, 9.17) is 25.8 Å². The van der Waals surface area contributed by atoms with Crippen LogP contribution in [0, 0.1) is 0 Å². The Kier molecular flexibility index (Phi) is 22.5. The first-order valence-corrected chi connectivity index (χ1v) is 17.6. The Hall–Kier alpha value is 0.460. The normalized spacial score (nSPS) is 15.7. The van der Waals surface area contributed by atoms with E-state index in [9.17, 15) is 48.3 Å². The number of hydrogen-bond acceptors (Lipinski definition) is 5. The molecule has 20 heteroatoms. The first-order valence-electron chi connectivity index (χ1n) is 14.4. The van der Waals surface area contributed by atoms with Gasteiger partial charge in [0.1, 0.15) is 0 Å². The summed E-state index contributed by atoms with van der Waals surface area (Å²) in [5.41, 5.74) is 0. The van der Waals surface area contributed by atoms with E-state index in [1.165, 1.54) is 0 Å². The molecule has 0 amide bonds. The second-order valence-corrected chi connectivity index (χ2v) is 12.3. The Balaban J connectivity index is 5.46. The molecule has 5 nitrogen and oxygen atoms in total. The van der Waals surface area contributed by atoms with E-state index in [2.05, 4.69) is 48.3 Å². The van der Waals surface area contributed by atoms with Crippen molar-refractivity contribution >= 4 is 50.1 Å². The molecule has 0 heterocycles. The monoisotopic (exact) mass is 900 g/mol. The van der Waals surface area contributed by atoms with Gasteiger partial charge in [0.05, 0.1) is 13.2 Å².